The fourth-order valence-corrected chi connectivity index (χ4v) is 2.44. The lowest BCUT2D eigenvalue weighted by atomic mass is 10.1. The van der Waals surface area contributed by atoms with Crippen molar-refractivity contribution in [1.82, 2.24) is 0 Å². The molecule has 27 heavy (non-hydrogen) atoms. The summed E-state index contributed by atoms with van der Waals surface area (Å²) < 4.78 is 9.95. The number of ether oxygens (including phenoxy) is 2. The van der Waals surface area contributed by atoms with E-state index >= 15 is 0 Å². The monoisotopic (exact) mass is 376 g/mol. The Labute approximate surface area is 155 Å². The topological polar surface area (TPSA) is 134 Å². The molecule has 8 heteroatoms. The van der Waals surface area contributed by atoms with E-state index in [1.165, 1.54) is 37.4 Å². The molecule has 0 aromatic heterocycles. The van der Waals surface area contributed by atoms with Gasteiger partial charge in [-0.3, -0.25) is 4.79 Å². The van der Waals surface area contributed by atoms with Crippen LogP contribution >= 0.6 is 0 Å². The molecule has 1 atom stereocenters. The van der Waals surface area contributed by atoms with Crippen LogP contribution in [0.3, 0.4) is 0 Å². The average molecular weight is 376 g/mol. The van der Waals surface area contributed by atoms with Crippen LogP contribution < -0.4 is 4.74 Å². The molecular formula is C19H20O8. The number of carbonyl (C=O) groups excluding carboxylic acids is 1. The summed E-state index contributed by atoms with van der Waals surface area (Å²) in [7, 11) is 1.39. The van der Waals surface area contributed by atoms with Crippen molar-refractivity contribution in [2.24, 2.45) is 0 Å². The van der Waals surface area contributed by atoms with Crippen LogP contribution in [0.15, 0.2) is 36.4 Å². The lowest BCUT2D eigenvalue weighted by molar-refractivity contribution is -0.163. The van der Waals surface area contributed by atoms with Crippen molar-refractivity contribution in [3.63, 3.8) is 0 Å². The Morgan fingerprint density at radius 2 is 1.63 bits per heavy atom. The van der Waals surface area contributed by atoms with Gasteiger partial charge in [0, 0.05) is 12.8 Å². The van der Waals surface area contributed by atoms with E-state index in [4.69, 9.17) is 9.47 Å². The molecule has 0 fully saturated rings. The van der Waals surface area contributed by atoms with Gasteiger partial charge in [-0.25, -0.2) is 4.79 Å². The van der Waals surface area contributed by atoms with Crippen LogP contribution in [0, 0.1) is 0 Å². The summed E-state index contributed by atoms with van der Waals surface area (Å²) in [4.78, 5) is 23.4. The first-order valence-corrected chi connectivity index (χ1v) is 8.09. The Morgan fingerprint density at radius 1 is 0.963 bits per heavy atom. The summed E-state index contributed by atoms with van der Waals surface area (Å²) in [6.45, 7) is 0. The number of carbonyl (C=O) groups is 2. The minimum absolute atomic E-state index is 0.0954. The molecule has 0 saturated carbocycles. The number of esters is 1. The van der Waals surface area contributed by atoms with Crippen molar-refractivity contribution in [2.75, 3.05) is 7.11 Å². The zero-order chi connectivity index (χ0) is 20.0. The van der Waals surface area contributed by atoms with Gasteiger partial charge in [0.1, 0.15) is 0 Å². The summed E-state index contributed by atoms with van der Waals surface area (Å²) in [5.41, 5.74) is 1.06. The molecule has 0 aliphatic carbocycles. The number of phenolic OH excluding ortho intramolecular Hbond substituents is 3. The fraction of sp³-hybridized carbons (Fsp3) is 0.263. The third-order valence-electron chi connectivity index (χ3n) is 3.87. The zero-order valence-electron chi connectivity index (χ0n) is 14.6. The molecule has 1 unspecified atom stereocenters. The van der Waals surface area contributed by atoms with E-state index in [2.05, 4.69) is 0 Å². The minimum Gasteiger partial charge on any atom is -0.504 e. The normalized spacial score (nSPS) is 11.6. The van der Waals surface area contributed by atoms with Gasteiger partial charge in [0.2, 0.25) is 6.10 Å². The number of carboxylic acids is 1. The Morgan fingerprint density at radius 3 is 2.22 bits per heavy atom. The van der Waals surface area contributed by atoms with E-state index in [1.807, 2.05) is 0 Å². The predicted octanol–water partition coefficient (Wildman–Crippen LogP) is 1.98. The van der Waals surface area contributed by atoms with Crippen LogP contribution in [-0.4, -0.2) is 45.6 Å². The van der Waals surface area contributed by atoms with Gasteiger partial charge in [-0.05, 0) is 41.8 Å². The molecule has 2 aromatic rings. The first-order chi connectivity index (χ1) is 12.8. The van der Waals surface area contributed by atoms with Crippen molar-refractivity contribution >= 4 is 11.9 Å². The quantitative estimate of drug-likeness (QED) is 0.406. The number of phenols is 3. The Bertz CT molecular complexity index is 830. The van der Waals surface area contributed by atoms with E-state index in [0.29, 0.717) is 11.1 Å². The molecule has 2 rings (SSSR count). The van der Waals surface area contributed by atoms with Gasteiger partial charge in [0.15, 0.2) is 23.0 Å². The van der Waals surface area contributed by atoms with Crippen LogP contribution in [0.4, 0.5) is 0 Å². The molecule has 2 aromatic carbocycles. The fourth-order valence-electron chi connectivity index (χ4n) is 2.44. The zero-order valence-corrected chi connectivity index (χ0v) is 14.6. The smallest absolute Gasteiger partial charge is 0.345 e. The van der Waals surface area contributed by atoms with Crippen LogP contribution in [0.2, 0.25) is 0 Å². The highest BCUT2D eigenvalue weighted by Gasteiger charge is 2.23. The van der Waals surface area contributed by atoms with Gasteiger partial charge >= 0.3 is 11.9 Å². The summed E-state index contributed by atoms with van der Waals surface area (Å²) >= 11 is 0. The lowest BCUT2D eigenvalue weighted by Gasteiger charge is -2.15. The first kappa shape index (κ1) is 19.9. The molecular weight excluding hydrogens is 356 g/mol. The third-order valence-corrected chi connectivity index (χ3v) is 3.87. The second kappa shape index (κ2) is 8.79. The van der Waals surface area contributed by atoms with Crippen molar-refractivity contribution in [2.45, 2.75) is 25.4 Å². The maximum atomic E-state index is 12.0. The predicted molar refractivity (Wildman–Crippen MR) is 94.0 cm³/mol. The summed E-state index contributed by atoms with van der Waals surface area (Å²) in [5, 5.41) is 37.7. The number of hydrogen-bond donors (Lipinski definition) is 4. The van der Waals surface area contributed by atoms with E-state index < -0.39 is 18.0 Å². The number of aryl methyl sites for hydroxylation is 1. The average Bonchev–Trinajstić information content (AvgIpc) is 2.62. The second-order valence-electron chi connectivity index (χ2n) is 5.85. The highest BCUT2D eigenvalue weighted by Crippen LogP contribution is 2.27. The van der Waals surface area contributed by atoms with Crippen LogP contribution in [0.1, 0.15) is 17.5 Å². The standard InChI is InChI=1S/C19H20O8/c1-26-16-6-3-12(9-15(16)22)10-17(19(24)25)27-18(23)7-4-11-2-5-13(20)14(21)8-11/h2-3,5-6,8-9,17,20-22H,4,7,10H2,1H3,(H,24,25). The van der Waals surface area contributed by atoms with Crippen molar-refractivity contribution in [1.29, 1.82) is 0 Å². The number of benzene rings is 2. The van der Waals surface area contributed by atoms with Gasteiger partial charge in [0.05, 0.1) is 7.11 Å². The molecule has 0 amide bonds. The van der Waals surface area contributed by atoms with Gasteiger partial charge in [-0.2, -0.15) is 0 Å². The number of methoxy groups -OCH3 is 1. The number of rotatable bonds is 8. The van der Waals surface area contributed by atoms with Crippen LogP contribution in [0.5, 0.6) is 23.0 Å². The Hall–Kier alpha value is -3.42. The number of aromatic hydroxyl groups is 3. The maximum absolute atomic E-state index is 12.0. The van der Waals surface area contributed by atoms with E-state index in [-0.39, 0.29) is 42.3 Å². The first-order valence-electron chi connectivity index (χ1n) is 8.09. The van der Waals surface area contributed by atoms with E-state index in [1.54, 1.807) is 6.07 Å². The number of aliphatic carboxylic acids is 1. The second-order valence-corrected chi connectivity index (χ2v) is 5.85. The third kappa shape index (κ3) is 5.53. The SMILES string of the molecule is COc1ccc(CC(OC(=O)CCc2ccc(O)c(O)c2)C(=O)O)cc1O. The number of carboxylic acid groups (broad SMARTS) is 1. The largest absolute Gasteiger partial charge is 0.504 e. The highest BCUT2D eigenvalue weighted by molar-refractivity contribution is 5.78. The molecule has 0 aliphatic rings. The van der Waals surface area contributed by atoms with Crippen molar-refractivity contribution in [3.8, 4) is 23.0 Å². The lowest BCUT2D eigenvalue weighted by Crippen LogP contribution is -2.29. The highest BCUT2D eigenvalue weighted by atomic mass is 16.6. The summed E-state index contributed by atoms with van der Waals surface area (Å²) in [6.07, 6.45) is -1.40. The van der Waals surface area contributed by atoms with Crippen molar-refractivity contribution < 1.29 is 39.5 Å². The molecule has 0 aliphatic heterocycles. The Balaban J connectivity index is 1.96. The molecule has 8 nitrogen and oxygen atoms in total. The molecule has 0 saturated heterocycles. The summed E-state index contributed by atoms with van der Waals surface area (Å²) in [6, 6.07) is 8.56. The minimum atomic E-state index is -1.40. The van der Waals surface area contributed by atoms with Gasteiger partial charge in [-0.1, -0.05) is 12.1 Å². The van der Waals surface area contributed by atoms with Crippen LogP contribution in [0.25, 0.3) is 0 Å². The van der Waals surface area contributed by atoms with Gasteiger partial charge in [0.25, 0.3) is 0 Å². The van der Waals surface area contributed by atoms with Crippen molar-refractivity contribution in [3.05, 3.63) is 47.5 Å². The molecule has 144 valence electrons. The van der Waals surface area contributed by atoms with Crippen LogP contribution in [-0.2, 0) is 27.2 Å². The Kier molecular flexibility index (Phi) is 6.48. The van der Waals surface area contributed by atoms with Gasteiger partial charge < -0.3 is 29.9 Å². The van der Waals surface area contributed by atoms with E-state index in [0.717, 1.165) is 0 Å². The van der Waals surface area contributed by atoms with Gasteiger partial charge in [-0.15, -0.1) is 0 Å². The molecule has 0 heterocycles. The maximum Gasteiger partial charge on any atom is 0.345 e. The molecule has 4 N–H and O–H groups in total. The van der Waals surface area contributed by atoms with E-state index in [9.17, 15) is 30.0 Å². The number of hydrogen-bond acceptors (Lipinski definition) is 7. The molecule has 0 bridgehead atoms. The molecule has 0 radical (unpaired) electrons. The molecule has 0 spiro atoms. The summed E-state index contributed by atoms with van der Waals surface area (Å²) in [5.74, 6) is -2.48.